The van der Waals surface area contributed by atoms with Gasteiger partial charge in [-0.15, -0.1) is 20.5 Å². The molecule has 0 atom stereocenters. The van der Waals surface area contributed by atoms with Crippen LogP contribution >= 0.6 is 23.2 Å². The number of azo groups is 2. The fourth-order valence-electron chi connectivity index (χ4n) is 5.18. The predicted molar refractivity (Wildman–Crippen MR) is 203 cm³/mol. The summed E-state index contributed by atoms with van der Waals surface area (Å²) in [5.74, 6) is -0.215. The predicted octanol–water partition coefficient (Wildman–Crippen LogP) is 9.78. The number of phenols is 2. The quantitative estimate of drug-likeness (QED) is 0.0852. The third-order valence-electron chi connectivity index (χ3n) is 7.83. The number of phenolic OH excluding ortho intramolecular Hbond substituents is 2. The van der Waals surface area contributed by atoms with Crippen molar-refractivity contribution in [3.8, 4) is 11.5 Å². The maximum atomic E-state index is 11.5. The standard InChI is InChI=1S/2C18H15ClN2O4S.Ba/c2*1-2-11-9-15(17(10-14(11)19)26(23,24)25)20-21-18-13-6-4-3-5-12(13)7-8-16(18)22;/h2*3-10,22H,2H2,1H3,(H,23,24,25);/q;;+2/p-2. The Bertz CT molecular complexity index is 2440. The van der Waals surface area contributed by atoms with E-state index < -0.39 is 30.0 Å². The van der Waals surface area contributed by atoms with Crippen molar-refractivity contribution in [2.75, 3.05) is 0 Å². The van der Waals surface area contributed by atoms with Gasteiger partial charge in [-0.3, -0.25) is 0 Å². The van der Waals surface area contributed by atoms with Gasteiger partial charge in [0.1, 0.15) is 54.5 Å². The molecule has 0 fully saturated rings. The zero-order valence-electron chi connectivity index (χ0n) is 28.1. The third kappa shape index (κ3) is 10.0. The number of aromatic hydroxyl groups is 2. The van der Waals surface area contributed by atoms with E-state index in [1.165, 1.54) is 24.3 Å². The van der Waals surface area contributed by atoms with Gasteiger partial charge >= 0.3 is 48.9 Å². The maximum Gasteiger partial charge on any atom is 2.00 e. The van der Waals surface area contributed by atoms with Gasteiger partial charge in [0, 0.05) is 20.8 Å². The molecule has 2 N–H and O–H groups in total. The molecule has 6 aromatic rings. The van der Waals surface area contributed by atoms with Gasteiger partial charge in [-0.05, 0) is 71.1 Å². The van der Waals surface area contributed by atoms with E-state index in [1.807, 2.05) is 38.1 Å². The Morgan fingerprint density at radius 3 is 1.26 bits per heavy atom. The molecule has 6 aromatic carbocycles. The van der Waals surface area contributed by atoms with Gasteiger partial charge in [-0.1, -0.05) is 97.7 Å². The molecular formula is C36H28BaCl2N4O8S2. The molecule has 0 aliphatic carbocycles. The van der Waals surface area contributed by atoms with Crippen molar-refractivity contribution in [3.63, 3.8) is 0 Å². The number of rotatable bonds is 8. The average molecular weight is 917 g/mol. The second-order valence-electron chi connectivity index (χ2n) is 11.1. The van der Waals surface area contributed by atoms with Crippen LogP contribution in [0.3, 0.4) is 0 Å². The minimum atomic E-state index is -4.79. The first-order valence-electron chi connectivity index (χ1n) is 15.4. The largest absolute Gasteiger partial charge is 2.00 e. The molecule has 0 radical (unpaired) electrons. The fourth-order valence-corrected chi connectivity index (χ4v) is 7.14. The molecule has 0 bridgehead atoms. The van der Waals surface area contributed by atoms with E-state index in [0.717, 1.165) is 22.9 Å². The van der Waals surface area contributed by atoms with Crippen molar-refractivity contribution in [1.29, 1.82) is 0 Å². The Hall–Kier alpha value is -3.39. The van der Waals surface area contributed by atoms with Crippen LogP contribution in [0.1, 0.15) is 25.0 Å². The van der Waals surface area contributed by atoms with Crippen molar-refractivity contribution in [1.82, 2.24) is 0 Å². The van der Waals surface area contributed by atoms with Gasteiger partial charge in [0.25, 0.3) is 0 Å². The molecule has 0 unspecified atom stereocenters. The Morgan fingerprint density at radius 2 is 0.925 bits per heavy atom. The van der Waals surface area contributed by atoms with Crippen LogP contribution in [-0.2, 0) is 33.1 Å². The summed E-state index contributed by atoms with van der Waals surface area (Å²) in [6.45, 7) is 3.67. The van der Waals surface area contributed by atoms with Crippen LogP contribution in [0.2, 0.25) is 10.0 Å². The minimum Gasteiger partial charge on any atom is -0.744 e. The number of nitrogens with zero attached hydrogens (tertiary/aromatic N) is 4. The summed E-state index contributed by atoms with van der Waals surface area (Å²) in [5, 5.41) is 39.4. The van der Waals surface area contributed by atoms with E-state index >= 15 is 0 Å². The van der Waals surface area contributed by atoms with E-state index in [-0.39, 0.29) is 93.2 Å². The van der Waals surface area contributed by atoms with Crippen LogP contribution in [0.4, 0.5) is 22.7 Å². The van der Waals surface area contributed by atoms with Crippen LogP contribution in [-0.4, -0.2) is 85.0 Å². The van der Waals surface area contributed by atoms with Gasteiger partial charge in [0.05, 0.1) is 9.79 Å². The Balaban J connectivity index is 0.000000232. The van der Waals surface area contributed by atoms with E-state index in [4.69, 9.17) is 23.2 Å². The smallest absolute Gasteiger partial charge is 0.744 e. The molecule has 0 aliphatic heterocycles. The van der Waals surface area contributed by atoms with Crippen molar-refractivity contribution >= 4 is 137 Å². The first-order valence-corrected chi connectivity index (χ1v) is 19.0. The summed E-state index contributed by atoms with van der Waals surface area (Å²) >= 11 is 12.0. The van der Waals surface area contributed by atoms with Gasteiger partial charge < -0.3 is 19.3 Å². The van der Waals surface area contributed by atoms with E-state index in [2.05, 4.69) is 20.5 Å². The number of benzene rings is 6. The Morgan fingerprint density at radius 1 is 0.566 bits per heavy atom. The minimum absolute atomic E-state index is 0. The molecule has 17 heteroatoms. The molecule has 268 valence electrons. The molecule has 0 heterocycles. The molecular weight excluding hydrogens is 889 g/mol. The van der Waals surface area contributed by atoms with Crippen LogP contribution in [0.25, 0.3) is 21.5 Å². The first-order chi connectivity index (χ1) is 24.6. The molecule has 0 saturated heterocycles. The van der Waals surface area contributed by atoms with Crippen molar-refractivity contribution in [3.05, 3.63) is 118 Å². The normalized spacial score (nSPS) is 11.9. The molecule has 0 amide bonds. The number of halogens is 2. The zero-order chi connectivity index (χ0) is 37.8. The number of fused-ring (bicyclic) bond motifs is 2. The topological polar surface area (TPSA) is 204 Å². The summed E-state index contributed by atoms with van der Waals surface area (Å²) < 4.78 is 69.2. The fraction of sp³-hybridized carbons (Fsp3) is 0.111. The molecule has 53 heavy (non-hydrogen) atoms. The maximum absolute atomic E-state index is 11.5. The summed E-state index contributed by atoms with van der Waals surface area (Å²) in [6.07, 6.45) is 1.06. The summed E-state index contributed by atoms with van der Waals surface area (Å²) in [7, 11) is -9.58. The SMILES string of the molecule is CCc1cc(N=Nc2c(O)ccc3ccccc23)c(S(=O)(=O)[O-])cc1Cl.CCc1cc(N=Nc2c(O)ccc3ccccc23)c(S(=O)(=O)[O-])cc1Cl.[Ba+2]. The number of hydrogen-bond acceptors (Lipinski definition) is 12. The number of aryl methyl sites for hydroxylation is 2. The third-order valence-corrected chi connectivity index (χ3v) is 10.3. The van der Waals surface area contributed by atoms with Crippen molar-refractivity contribution in [2.24, 2.45) is 20.5 Å². The van der Waals surface area contributed by atoms with E-state index in [9.17, 15) is 36.2 Å². The average Bonchev–Trinajstić information content (AvgIpc) is 3.10. The Labute approximate surface area is 355 Å². The van der Waals surface area contributed by atoms with Crippen LogP contribution in [0.5, 0.6) is 11.5 Å². The summed E-state index contributed by atoms with van der Waals surface area (Å²) in [5.41, 5.74) is 1.41. The Kier molecular flexibility index (Phi) is 14.2. The van der Waals surface area contributed by atoms with Crippen molar-refractivity contribution < 1.29 is 36.2 Å². The van der Waals surface area contributed by atoms with Crippen molar-refractivity contribution in [2.45, 2.75) is 36.5 Å². The van der Waals surface area contributed by atoms with Crippen LogP contribution in [0.15, 0.2) is 127 Å². The van der Waals surface area contributed by atoms with Gasteiger partial charge in [0.2, 0.25) is 0 Å². The van der Waals surface area contributed by atoms with E-state index in [1.54, 1.807) is 36.4 Å². The molecule has 6 rings (SSSR count). The van der Waals surface area contributed by atoms with E-state index in [0.29, 0.717) is 34.7 Å². The molecule has 0 aromatic heterocycles. The second kappa shape index (κ2) is 17.8. The molecule has 0 spiro atoms. The van der Waals surface area contributed by atoms with Gasteiger partial charge in [-0.2, -0.15) is 0 Å². The molecule has 0 saturated carbocycles. The summed E-state index contributed by atoms with van der Waals surface area (Å²) in [6, 6.07) is 25.9. The van der Waals surface area contributed by atoms with Crippen LogP contribution < -0.4 is 0 Å². The van der Waals surface area contributed by atoms with Gasteiger partial charge in [-0.25, -0.2) is 16.8 Å². The summed E-state index contributed by atoms with van der Waals surface area (Å²) in [4.78, 5) is -1.11. The first kappa shape index (κ1) is 42.4. The zero-order valence-corrected chi connectivity index (χ0v) is 35.6. The van der Waals surface area contributed by atoms with Crippen LogP contribution in [0, 0.1) is 0 Å². The number of hydrogen-bond donors (Lipinski definition) is 2. The van der Waals surface area contributed by atoms with Gasteiger partial charge in [0.15, 0.2) is 0 Å². The monoisotopic (exact) mass is 916 g/mol. The molecule has 0 aliphatic rings. The molecule has 12 nitrogen and oxygen atoms in total. The second-order valence-corrected chi connectivity index (χ2v) is 14.7.